The Labute approximate surface area is 117 Å². The molecule has 1 saturated heterocycles. The summed E-state index contributed by atoms with van der Waals surface area (Å²) in [6.07, 6.45) is 0.660. The third kappa shape index (κ3) is 3.76. The summed E-state index contributed by atoms with van der Waals surface area (Å²) in [5.41, 5.74) is 6.22. The van der Waals surface area contributed by atoms with Crippen LogP contribution in [0.15, 0.2) is 15.7 Å². The number of sulfonamides is 1. The third-order valence-electron chi connectivity index (χ3n) is 3.01. The molecule has 1 aromatic rings. The molecule has 0 radical (unpaired) electrons. The van der Waals surface area contributed by atoms with E-state index in [0.29, 0.717) is 19.4 Å². The lowest BCUT2D eigenvalue weighted by molar-refractivity contribution is 0.506. The summed E-state index contributed by atoms with van der Waals surface area (Å²) >= 11 is 1.12. The van der Waals surface area contributed by atoms with E-state index in [1.165, 1.54) is 0 Å². The molecule has 1 aliphatic heterocycles. The van der Waals surface area contributed by atoms with Crippen LogP contribution in [-0.2, 0) is 26.4 Å². The molecule has 0 atom stereocenters. The van der Waals surface area contributed by atoms with Gasteiger partial charge in [0.15, 0.2) is 0 Å². The average Bonchev–Trinajstić information content (AvgIpc) is 2.81. The minimum atomic E-state index is -3.57. The highest BCUT2D eigenvalue weighted by Crippen LogP contribution is 2.22. The second kappa shape index (κ2) is 5.49. The van der Waals surface area contributed by atoms with Gasteiger partial charge in [-0.1, -0.05) is 0 Å². The highest BCUT2D eigenvalue weighted by Gasteiger charge is 2.28. The summed E-state index contributed by atoms with van der Waals surface area (Å²) in [5, 5.41) is 1.71. The molecule has 19 heavy (non-hydrogen) atoms. The topological polar surface area (TPSA) is 106 Å². The van der Waals surface area contributed by atoms with Gasteiger partial charge in [-0.3, -0.25) is 0 Å². The van der Waals surface area contributed by atoms with Crippen LogP contribution in [0.1, 0.15) is 18.4 Å². The molecule has 3 N–H and O–H groups in total. The van der Waals surface area contributed by atoms with E-state index < -0.39 is 19.9 Å². The van der Waals surface area contributed by atoms with Crippen molar-refractivity contribution >= 4 is 31.2 Å². The van der Waals surface area contributed by atoms with Crippen molar-refractivity contribution in [3.05, 3.63) is 17.0 Å². The number of rotatable bonds is 4. The number of hydrogen-bond acceptors (Lipinski definition) is 6. The summed E-state index contributed by atoms with van der Waals surface area (Å²) in [6, 6.07) is 1.24. The highest BCUT2D eigenvalue weighted by molar-refractivity contribution is 7.92. The Kier molecular flexibility index (Phi) is 4.31. The fourth-order valence-corrected chi connectivity index (χ4v) is 5.92. The van der Waals surface area contributed by atoms with Crippen molar-refractivity contribution in [3.8, 4) is 0 Å². The predicted octanol–water partition coefficient (Wildman–Crippen LogP) is 0.0623. The Bertz CT molecular complexity index is 634. The molecule has 9 heteroatoms. The number of hydrogen-bond donors (Lipinski definition) is 2. The molecule has 1 aromatic heterocycles. The van der Waals surface area contributed by atoms with Crippen LogP contribution >= 0.6 is 11.3 Å². The van der Waals surface area contributed by atoms with Gasteiger partial charge in [0, 0.05) is 12.6 Å². The first-order chi connectivity index (χ1) is 8.82. The Balaban J connectivity index is 2.06. The smallest absolute Gasteiger partial charge is 0.250 e. The van der Waals surface area contributed by atoms with Crippen LogP contribution in [0.25, 0.3) is 0 Å². The molecule has 2 heterocycles. The molecule has 0 bridgehead atoms. The van der Waals surface area contributed by atoms with Crippen molar-refractivity contribution in [1.29, 1.82) is 0 Å². The summed E-state index contributed by atoms with van der Waals surface area (Å²) in [5.74, 6) is 0.0807. The molecular weight excluding hydrogens is 308 g/mol. The molecule has 0 unspecified atom stereocenters. The summed E-state index contributed by atoms with van der Waals surface area (Å²) in [4.78, 5) is 0. The van der Waals surface area contributed by atoms with E-state index in [1.54, 1.807) is 11.4 Å². The van der Waals surface area contributed by atoms with Crippen LogP contribution in [0.4, 0.5) is 0 Å². The first-order valence-corrected chi connectivity index (χ1v) is 10.0. The van der Waals surface area contributed by atoms with Gasteiger partial charge >= 0.3 is 0 Å². The van der Waals surface area contributed by atoms with Crippen LogP contribution in [0, 0.1) is 0 Å². The van der Waals surface area contributed by atoms with Crippen molar-refractivity contribution in [2.24, 2.45) is 5.73 Å². The summed E-state index contributed by atoms with van der Waals surface area (Å²) in [7, 11) is -6.55. The van der Waals surface area contributed by atoms with Gasteiger partial charge in [0.1, 0.15) is 14.0 Å². The highest BCUT2D eigenvalue weighted by atomic mass is 32.2. The van der Waals surface area contributed by atoms with Crippen LogP contribution in [0.5, 0.6) is 0 Å². The predicted molar refractivity (Wildman–Crippen MR) is 74.2 cm³/mol. The van der Waals surface area contributed by atoms with Crippen LogP contribution in [-0.4, -0.2) is 34.4 Å². The van der Waals surface area contributed by atoms with Gasteiger partial charge in [-0.05, 0) is 29.9 Å². The van der Waals surface area contributed by atoms with Gasteiger partial charge in [0.25, 0.3) is 0 Å². The summed E-state index contributed by atoms with van der Waals surface area (Å²) < 4.78 is 49.6. The minimum Gasteiger partial charge on any atom is -0.326 e. The second-order valence-electron chi connectivity index (χ2n) is 4.53. The normalized spacial score (nSPS) is 20.5. The molecule has 6 nitrogen and oxygen atoms in total. The maximum absolute atomic E-state index is 12.1. The van der Waals surface area contributed by atoms with E-state index in [0.717, 1.165) is 16.9 Å². The standard InChI is InChI=1S/C10H16N2O4S3/c11-6-8-5-10(17-7-8)19(15,16)12-9-1-3-18(13,14)4-2-9/h5,7,9,12H,1-4,6,11H2. The van der Waals surface area contributed by atoms with Gasteiger partial charge in [-0.2, -0.15) is 0 Å². The van der Waals surface area contributed by atoms with Crippen molar-refractivity contribution < 1.29 is 16.8 Å². The maximum atomic E-state index is 12.1. The molecule has 0 aliphatic carbocycles. The van der Waals surface area contributed by atoms with Crippen molar-refractivity contribution in [2.45, 2.75) is 29.6 Å². The summed E-state index contributed by atoms with van der Waals surface area (Å²) in [6.45, 7) is 0.299. The zero-order valence-electron chi connectivity index (χ0n) is 10.2. The minimum absolute atomic E-state index is 0.0404. The SMILES string of the molecule is NCc1csc(S(=O)(=O)NC2CCS(=O)(=O)CC2)c1. The second-order valence-corrected chi connectivity index (χ2v) is 9.68. The Morgan fingerprint density at radius 3 is 2.53 bits per heavy atom. The average molecular weight is 324 g/mol. The molecule has 0 aromatic carbocycles. The fraction of sp³-hybridized carbons (Fsp3) is 0.600. The van der Waals surface area contributed by atoms with E-state index in [2.05, 4.69) is 4.72 Å². The molecule has 0 spiro atoms. The van der Waals surface area contributed by atoms with Gasteiger partial charge < -0.3 is 5.73 Å². The molecule has 1 fully saturated rings. The van der Waals surface area contributed by atoms with Crippen molar-refractivity contribution in [2.75, 3.05) is 11.5 Å². The third-order valence-corrected chi connectivity index (χ3v) is 7.73. The van der Waals surface area contributed by atoms with E-state index in [4.69, 9.17) is 5.73 Å². The molecule has 1 aliphatic rings. The molecule has 0 amide bonds. The Morgan fingerprint density at radius 2 is 2.00 bits per heavy atom. The lowest BCUT2D eigenvalue weighted by atomic mass is 10.2. The Morgan fingerprint density at radius 1 is 1.37 bits per heavy atom. The molecule has 108 valence electrons. The number of sulfone groups is 1. The van der Waals surface area contributed by atoms with E-state index >= 15 is 0 Å². The number of thiophene rings is 1. The largest absolute Gasteiger partial charge is 0.326 e. The van der Waals surface area contributed by atoms with Gasteiger partial charge in [0.05, 0.1) is 11.5 Å². The monoisotopic (exact) mass is 324 g/mol. The van der Waals surface area contributed by atoms with Gasteiger partial charge in [-0.25, -0.2) is 21.6 Å². The lowest BCUT2D eigenvalue weighted by Crippen LogP contribution is -2.40. The molecular formula is C10H16N2O4S3. The zero-order valence-corrected chi connectivity index (χ0v) is 12.7. The molecule has 2 rings (SSSR count). The van der Waals surface area contributed by atoms with Crippen LogP contribution < -0.4 is 10.5 Å². The van der Waals surface area contributed by atoms with Crippen molar-refractivity contribution in [1.82, 2.24) is 4.72 Å². The fourth-order valence-electron chi connectivity index (χ4n) is 1.89. The van der Waals surface area contributed by atoms with Gasteiger partial charge in [-0.15, -0.1) is 11.3 Å². The first-order valence-electron chi connectivity index (χ1n) is 5.83. The number of nitrogens with one attached hydrogen (secondary N) is 1. The molecule has 0 saturated carbocycles. The maximum Gasteiger partial charge on any atom is 0.250 e. The Hall–Kier alpha value is -0.480. The van der Waals surface area contributed by atoms with Crippen molar-refractivity contribution in [3.63, 3.8) is 0 Å². The quantitative estimate of drug-likeness (QED) is 0.814. The zero-order chi connectivity index (χ0) is 14.1. The van der Waals surface area contributed by atoms with E-state index in [1.807, 2.05) is 0 Å². The number of nitrogens with two attached hydrogens (primary N) is 1. The first kappa shape index (κ1) is 14.9. The van der Waals surface area contributed by atoms with E-state index in [9.17, 15) is 16.8 Å². The van der Waals surface area contributed by atoms with Crippen LogP contribution in [0.2, 0.25) is 0 Å². The van der Waals surface area contributed by atoms with Gasteiger partial charge in [0.2, 0.25) is 10.0 Å². The lowest BCUT2D eigenvalue weighted by Gasteiger charge is -2.22. The van der Waals surface area contributed by atoms with Crippen LogP contribution in [0.3, 0.4) is 0 Å². The van der Waals surface area contributed by atoms with E-state index in [-0.39, 0.29) is 21.8 Å².